The Balaban J connectivity index is 1.52. The molecule has 0 radical (unpaired) electrons. The van der Waals surface area contributed by atoms with Crippen molar-refractivity contribution in [2.75, 3.05) is 26.6 Å². The highest BCUT2D eigenvalue weighted by atomic mass is 35.5. The number of azo groups is 1. The molecule has 10 heteroatoms. The van der Waals surface area contributed by atoms with Crippen molar-refractivity contribution in [3.05, 3.63) is 113 Å². The first-order valence-corrected chi connectivity index (χ1v) is 13.8. The highest BCUT2D eigenvalue weighted by molar-refractivity contribution is 6.32. The number of nitrogens with one attached hydrogen (secondary N) is 1. The lowest BCUT2D eigenvalue weighted by Gasteiger charge is -2.13. The summed E-state index contributed by atoms with van der Waals surface area (Å²) in [5, 5.41) is 24.5. The number of halogens is 1. The third kappa shape index (κ3) is 6.33. The molecule has 9 nitrogen and oxygen atoms in total. The van der Waals surface area contributed by atoms with Gasteiger partial charge >= 0.3 is 0 Å². The SMILES string of the molecule is COc1cc(CC(=O)c2cc3ccccc3c(N=Nc3cc(C(=O)Nc4ccccc4)ccc3OC)c2O)c(OC)cc1Cl. The molecule has 5 rings (SSSR count). The van der Waals surface area contributed by atoms with Crippen LogP contribution < -0.4 is 19.5 Å². The largest absolute Gasteiger partial charge is 0.505 e. The smallest absolute Gasteiger partial charge is 0.255 e. The zero-order valence-corrected chi connectivity index (χ0v) is 24.9. The first kappa shape index (κ1) is 30.1. The summed E-state index contributed by atoms with van der Waals surface area (Å²) in [6, 6.07) is 25.8. The second-order valence-corrected chi connectivity index (χ2v) is 10.1. The van der Waals surface area contributed by atoms with Crippen LogP contribution >= 0.6 is 11.6 Å². The third-order valence-corrected chi connectivity index (χ3v) is 7.23. The molecule has 0 atom stereocenters. The van der Waals surface area contributed by atoms with Crippen LogP contribution in [0.2, 0.25) is 5.02 Å². The molecule has 44 heavy (non-hydrogen) atoms. The maximum Gasteiger partial charge on any atom is 0.255 e. The van der Waals surface area contributed by atoms with Crippen molar-refractivity contribution in [2.45, 2.75) is 6.42 Å². The Labute approximate surface area is 258 Å². The number of nitrogens with zero attached hydrogens (tertiary/aromatic N) is 2. The van der Waals surface area contributed by atoms with Crippen molar-refractivity contribution in [3.63, 3.8) is 0 Å². The van der Waals surface area contributed by atoms with Gasteiger partial charge in [-0.2, -0.15) is 0 Å². The fraction of sp³-hybridized carbons (Fsp3) is 0.118. The van der Waals surface area contributed by atoms with Gasteiger partial charge < -0.3 is 24.6 Å². The maximum absolute atomic E-state index is 13.6. The molecule has 222 valence electrons. The number of aromatic hydroxyl groups is 1. The van der Waals surface area contributed by atoms with E-state index in [2.05, 4.69) is 15.5 Å². The quantitative estimate of drug-likeness (QED) is 0.121. The molecule has 0 saturated heterocycles. The summed E-state index contributed by atoms with van der Waals surface area (Å²) in [6.45, 7) is 0. The average molecular weight is 610 g/mol. The van der Waals surface area contributed by atoms with Crippen LogP contribution in [-0.4, -0.2) is 38.1 Å². The van der Waals surface area contributed by atoms with Gasteiger partial charge in [0.15, 0.2) is 11.5 Å². The van der Waals surface area contributed by atoms with Crippen molar-refractivity contribution < 1.29 is 28.9 Å². The van der Waals surface area contributed by atoms with Gasteiger partial charge in [0, 0.05) is 34.7 Å². The number of hydrogen-bond acceptors (Lipinski definition) is 8. The standard InChI is InChI=1S/C34H28ClN3O6/c1-42-29-14-13-21(34(41)36-23-10-5-4-6-11-23)16-27(29)37-38-32-24-12-8-7-9-20(24)15-25(33(32)40)28(39)17-22-18-31(44-3)26(35)19-30(22)43-2/h4-16,18-19,40H,17H2,1-3H3,(H,36,41). The number of carbonyl (C=O) groups is 2. The molecular weight excluding hydrogens is 582 g/mol. The Kier molecular flexibility index (Phi) is 9.06. The third-order valence-electron chi connectivity index (χ3n) is 6.93. The summed E-state index contributed by atoms with van der Waals surface area (Å²) in [7, 11) is 4.43. The van der Waals surface area contributed by atoms with Crippen LogP contribution in [0.4, 0.5) is 17.1 Å². The molecule has 5 aromatic rings. The number of phenolic OH excluding ortho intramolecular Hbond substituents is 1. The molecule has 0 aromatic heterocycles. The van der Waals surface area contributed by atoms with E-state index in [0.717, 1.165) is 0 Å². The Morgan fingerprint density at radius 1 is 0.795 bits per heavy atom. The van der Waals surface area contributed by atoms with Gasteiger partial charge in [-0.15, -0.1) is 10.2 Å². The maximum atomic E-state index is 13.6. The average Bonchev–Trinajstić information content (AvgIpc) is 3.04. The van der Waals surface area contributed by atoms with E-state index in [0.29, 0.717) is 49.9 Å². The summed E-state index contributed by atoms with van der Waals surface area (Å²) in [5.41, 5.74) is 1.90. The number of methoxy groups -OCH3 is 3. The van der Waals surface area contributed by atoms with Crippen LogP contribution in [0.1, 0.15) is 26.3 Å². The number of carbonyl (C=O) groups excluding carboxylic acids is 2. The number of ether oxygens (including phenoxy) is 3. The van der Waals surface area contributed by atoms with Gasteiger partial charge in [-0.3, -0.25) is 9.59 Å². The van der Waals surface area contributed by atoms with Gasteiger partial charge in [0.1, 0.15) is 28.6 Å². The summed E-state index contributed by atoms with van der Waals surface area (Å²) >= 11 is 6.23. The summed E-state index contributed by atoms with van der Waals surface area (Å²) in [6.07, 6.45) is -0.106. The van der Waals surface area contributed by atoms with Crippen molar-refractivity contribution in [3.8, 4) is 23.0 Å². The van der Waals surface area contributed by atoms with E-state index in [1.165, 1.54) is 27.4 Å². The summed E-state index contributed by atoms with van der Waals surface area (Å²) < 4.78 is 16.2. The number of Topliss-reactive ketones (excluding diaryl/α,β-unsaturated/α-hetero) is 1. The number of ketones is 1. The van der Waals surface area contributed by atoms with Gasteiger partial charge in [-0.05, 0) is 47.9 Å². The van der Waals surface area contributed by atoms with Crippen molar-refractivity contribution in [2.24, 2.45) is 10.2 Å². The molecule has 0 heterocycles. The molecule has 0 aliphatic rings. The van der Waals surface area contributed by atoms with Crippen molar-refractivity contribution >= 4 is 51.1 Å². The first-order valence-electron chi connectivity index (χ1n) is 13.5. The summed E-state index contributed by atoms with van der Waals surface area (Å²) in [5.74, 6) is 0.0998. The van der Waals surface area contributed by atoms with Gasteiger partial charge in [0.05, 0.1) is 31.9 Å². The Bertz CT molecular complexity index is 1890. The lowest BCUT2D eigenvalue weighted by Crippen LogP contribution is -2.11. The number of hydrogen-bond donors (Lipinski definition) is 2. The van der Waals surface area contributed by atoms with Crippen molar-refractivity contribution in [1.82, 2.24) is 0 Å². The number of fused-ring (bicyclic) bond motifs is 1. The van der Waals surface area contributed by atoms with Gasteiger partial charge in [0.25, 0.3) is 5.91 Å². The van der Waals surface area contributed by atoms with Crippen LogP contribution in [0.15, 0.2) is 101 Å². The first-order chi connectivity index (χ1) is 21.3. The zero-order chi connectivity index (χ0) is 31.2. The Morgan fingerprint density at radius 2 is 1.50 bits per heavy atom. The van der Waals surface area contributed by atoms with E-state index in [-0.39, 0.29) is 40.8 Å². The van der Waals surface area contributed by atoms with Gasteiger partial charge in [-0.1, -0.05) is 54.1 Å². The molecule has 1 amide bonds. The molecule has 0 spiro atoms. The van der Waals surface area contributed by atoms with Crippen LogP contribution in [0.5, 0.6) is 23.0 Å². The minimum atomic E-state index is -0.385. The van der Waals surface area contributed by atoms with Crippen LogP contribution in [0.3, 0.4) is 0 Å². The molecule has 0 aliphatic carbocycles. The fourth-order valence-corrected chi connectivity index (χ4v) is 4.93. The van der Waals surface area contributed by atoms with E-state index in [4.69, 9.17) is 25.8 Å². The summed E-state index contributed by atoms with van der Waals surface area (Å²) in [4.78, 5) is 26.5. The minimum absolute atomic E-state index is 0.0524. The number of benzene rings is 5. The predicted octanol–water partition coefficient (Wildman–Crippen LogP) is 8.32. The predicted molar refractivity (Wildman–Crippen MR) is 170 cm³/mol. The highest BCUT2D eigenvalue weighted by Crippen LogP contribution is 2.41. The number of rotatable bonds is 10. The number of para-hydroxylation sites is 1. The highest BCUT2D eigenvalue weighted by Gasteiger charge is 2.21. The zero-order valence-electron chi connectivity index (χ0n) is 24.1. The Morgan fingerprint density at radius 3 is 2.23 bits per heavy atom. The van der Waals surface area contributed by atoms with Gasteiger partial charge in [0.2, 0.25) is 0 Å². The molecular formula is C34H28ClN3O6. The fourth-order valence-electron chi connectivity index (χ4n) is 4.70. The lowest BCUT2D eigenvalue weighted by atomic mass is 9.97. The van der Waals surface area contributed by atoms with E-state index in [1.807, 2.05) is 30.3 Å². The molecule has 0 aliphatic heterocycles. The number of phenols is 1. The molecule has 0 fully saturated rings. The van der Waals surface area contributed by atoms with E-state index in [9.17, 15) is 14.7 Å². The minimum Gasteiger partial charge on any atom is -0.505 e. The van der Waals surface area contributed by atoms with Gasteiger partial charge in [-0.25, -0.2) is 0 Å². The second kappa shape index (κ2) is 13.3. The number of anilines is 1. The molecule has 0 bridgehead atoms. The van der Waals surface area contributed by atoms with E-state index >= 15 is 0 Å². The molecule has 0 unspecified atom stereocenters. The van der Waals surface area contributed by atoms with Crippen LogP contribution in [0, 0.1) is 0 Å². The monoisotopic (exact) mass is 609 g/mol. The van der Waals surface area contributed by atoms with Crippen LogP contribution in [0.25, 0.3) is 10.8 Å². The van der Waals surface area contributed by atoms with Crippen LogP contribution in [-0.2, 0) is 6.42 Å². The van der Waals surface area contributed by atoms with Crippen molar-refractivity contribution in [1.29, 1.82) is 0 Å². The lowest BCUT2D eigenvalue weighted by molar-refractivity contribution is 0.0987. The molecule has 5 aromatic carbocycles. The topological polar surface area (TPSA) is 119 Å². The Hall–Kier alpha value is -5.41. The second-order valence-electron chi connectivity index (χ2n) is 9.65. The molecule has 2 N–H and O–H groups in total. The van der Waals surface area contributed by atoms with E-state index < -0.39 is 0 Å². The molecule has 0 saturated carbocycles. The number of amides is 1. The normalized spacial score (nSPS) is 11.0. The van der Waals surface area contributed by atoms with E-state index in [1.54, 1.807) is 54.6 Å².